The molecule has 0 aliphatic carbocycles. The Bertz CT molecular complexity index is 641. The van der Waals surface area contributed by atoms with Gasteiger partial charge in [0.1, 0.15) is 0 Å². The van der Waals surface area contributed by atoms with Crippen LogP contribution in [0.2, 0.25) is 0 Å². The molecule has 1 aliphatic heterocycles. The molecule has 0 amide bonds. The Hall–Kier alpha value is -1.55. The molecule has 0 radical (unpaired) electrons. The van der Waals surface area contributed by atoms with Gasteiger partial charge in [-0.1, -0.05) is 54.9 Å². The average molecular weight is 345 g/mol. The molecule has 4 heteroatoms. The van der Waals surface area contributed by atoms with E-state index < -0.39 is 5.56 Å². The van der Waals surface area contributed by atoms with Gasteiger partial charge in [-0.2, -0.15) is 0 Å². The first-order valence-electron chi connectivity index (χ1n) is 8.66. The van der Waals surface area contributed by atoms with Crippen molar-refractivity contribution in [1.82, 2.24) is 5.32 Å². The summed E-state index contributed by atoms with van der Waals surface area (Å²) in [5, 5.41) is 3.40. The highest BCUT2D eigenvalue weighted by Gasteiger charge is 2.16. The molecule has 1 fully saturated rings. The average Bonchev–Trinajstić information content (AvgIpc) is 2.67. The second kappa shape index (κ2) is 8.52. The van der Waals surface area contributed by atoms with Gasteiger partial charge in [0.05, 0.1) is 6.61 Å². The molecule has 1 N–H and O–H groups in total. The zero-order valence-corrected chi connectivity index (χ0v) is 14.9. The topological polar surface area (TPSA) is 24.5 Å². The van der Waals surface area contributed by atoms with E-state index in [2.05, 4.69) is 47.5 Å². The number of nitrogens with zero attached hydrogens (tertiary/aromatic N) is 1. The first kappa shape index (κ1) is 17.3. The van der Waals surface area contributed by atoms with Crippen molar-refractivity contribution in [2.75, 3.05) is 31.1 Å². The van der Waals surface area contributed by atoms with E-state index in [-0.39, 0.29) is 0 Å². The van der Waals surface area contributed by atoms with Crippen LogP contribution in [0.15, 0.2) is 48.5 Å². The van der Waals surface area contributed by atoms with Crippen molar-refractivity contribution in [1.29, 1.82) is 0 Å². The molecular formula is C20H25ClN2O. The van der Waals surface area contributed by atoms with E-state index >= 15 is 0 Å². The van der Waals surface area contributed by atoms with E-state index in [1.54, 1.807) is 0 Å². The summed E-state index contributed by atoms with van der Waals surface area (Å²) in [6, 6.07) is 16.6. The lowest BCUT2D eigenvalue weighted by molar-refractivity contribution is 0.0943. The van der Waals surface area contributed by atoms with Crippen molar-refractivity contribution in [3.63, 3.8) is 0 Å². The maximum absolute atomic E-state index is 6.48. The molecule has 1 saturated heterocycles. The number of halogens is 1. The SMILES string of the molecule is CCc1cc(C(Cl)OCc2ccccc2)ccc1N1CCNCC1. The second-order valence-corrected chi connectivity index (χ2v) is 6.49. The van der Waals surface area contributed by atoms with Gasteiger partial charge < -0.3 is 15.0 Å². The molecule has 1 heterocycles. The molecule has 1 atom stereocenters. The monoisotopic (exact) mass is 344 g/mol. The smallest absolute Gasteiger partial charge is 0.157 e. The Morgan fingerprint density at radius 1 is 1.12 bits per heavy atom. The third-order valence-corrected chi connectivity index (χ3v) is 4.82. The minimum Gasteiger partial charge on any atom is -0.369 e. The highest BCUT2D eigenvalue weighted by Crippen LogP contribution is 2.29. The second-order valence-electron chi connectivity index (χ2n) is 6.09. The van der Waals surface area contributed by atoms with Crippen LogP contribution in [0.3, 0.4) is 0 Å². The van der Waals surface area contributed by atoms with Crippen LogP contribution in [0.25, 0.3) is 0 Å². The molecule has 0 saturated carbocycles. The number of rotatable bonds is 6. The Kier molecular flexibility index (Phi) is 6.13. The van der Waals surface area contributed by atoms with Crippen molar-refractivity contribution >= 4 is 17.3 Å². The molecule has 24 heavy (non-hydrogen) atoms. The Balaban J connectivity index is 1.69. The fraction of sp³-hybridized carbons (Fsp3) is 0.400. The largest absolute Gasteiger partial charge is 0.369 e. The van der Waals surface area contributed by atoms with Gasteiger partial charge in [-0.25, -0.2) is 0 Å². The maximum atomic E-state index is 6.48. The van der Waals surface area contributed by atoms with Gasteiger partial charge in [-0.05, 0) is 35.2 Å². The number of anilines is 1. The summed E-state index contributed by atoms with van der Waals surface area (Å²) in [7, 11) is 0. The summed E-state index contributed by atoms with van der Waals surface area (Å²) >= 11 is 6.48. The predicted molar refractivity (Wildman–Crippen MR) is 101 cm³/mol. The van der Waals surface area contributed by atoms with Gasteiger partial charge in [-0.3, -0.25) is 0 Å². The summed E-state index contributed by atoms with van der Waals surface area (Å²) in [4.78, 5) is 2.45. The van der Waals surface area contributed by atoms with Crippen molar-refractivity contribution in [3.8, 4) is 0 Å². The molecule has 0 spiro atoms. The van der Waals surface area contributed by atoms with E-state index in [1.807, 2.05) is 18.2 Å². The van der Waals surface area contributed by atoms with Crippen LogP contribution < -0.4 is 10.2 Å². The van der Waals surface area contributed by atoms with Gasteiger partial charge in [0.2, 0.25) is 0 Å². The number of ether oxygens (including phenoxy) is 1. The Morgan fingerprint density at radius 3 is 2.58 bits per heavy atom. The van der Waals surface area contributed by atoms with Crippen LogP contribution >= 0.6 is 11.6 Å². The summed E-state index contributed by atoms with van der Waals surface area (Å²) in [5.74, 6) is 0. The number of hydrogen-bond acceptors (Lipinski definition) is 3. The molecule has 1 unspecified atom stereocenters. The molecule has 2 aromatic carbocycles. The maximum Gasteiger partial charge on any atom is 0.157 e. The number of piperazine rings is 1. The molecule has 128 valence electrons. The molecule has 1 aliphatic rings. The lowest BCUT2D eigenvalue weighted by Gasteiger charge is -2.31. The zero-order valence-electron chi connectivity index (χ0n) is 14.2. The van der Waals surface area contributed by atoms with Gasteiger partial charge >= 0.3 is 0 Å². The van der Waals surface area contributed by atoms with Crippen LogP contribution in [0.4, 0.5) is 5.69 Å². The lowest BCUT2D eigenvalue weighted by atomic mass is 10.0. The minimum absolute atomic E-state index is 0.424. The van der Waals surface area contributed by atoms with Crippen LogP contribution in [0.5, 0.6) is 0 Å². The highest BCUT2D eigenvalue weighted by molar-refractivity contribution is 6.19. The number of nitrogens with one attached hydrogen (secondary N) is 1. The fourth-order valence-electron chi connectivity index (χ4n) is 3.08. The molecule has 0 bridgehead atoms. The predicted octanol–water partition coefficient (Wildman–Crippen LogP) is 4.11. The molecular weight excluding hydrogens is 320 g/mol. The van der Waals surface area contributed by atoms with Crippen molar-refractivity contribution in [3.05, 3.63) is 65.2 Å². The first-order valence-corrected chi connectivity index (χ1v) is 9.09. The fourth-order valence-corrected chi connectivity index (χ4v) is 3.28. The highest BCUT2D eigenvalue weighted by atomic mass is 35.5. The number of hydrogen-bond donors (Lipinski definition) is 1. The molecule has 0 aromatic heterocycles. The number of alkyl halides is 1. The van der Waals surface area contributed by atoms with Gasteiger partial charge in [0, 0.05) is 31.9 Å². The quantitative estimate of drug-likeness (QED) is 0.798. The molecule has 2 aromatic rings. The standard InChI is InChI=1S/C20H25ClN2O/c1-2-17-14-18(8-9-19(17)23-12-10-22-11-13-23)20(21)24-15-16-6-4-3-5-7-16/h3-9,14,20,22H,2,10-13,15H2,1H3. The lowest BCUT2D eigenvalue weighted by Crippen LogP contribution is -2.43. The van der Waals surface area contributed by atoms with E-state index in [4.69, 9.17) is 16.3 Å². The Morgan fingerprint density at radius 2 is 1.88 bits per heavy atom. The first-order chi connectivity index (χ1) is 11.8. The van der Waals surface area contributed by atoms with E-state index in [0.29, 0.717) is 6.61 Å². The Labute approximate surface area is 149 Å². The normalized spacial score (nSPS) is 16.2. The van der Waals surface area contributed by atoms with E-state index in [1.165, 1.54) is 11.3 Å². The summed E-state index contributed by atoms with van der Waals surface area (Å²) < 4.78 is 5.84. The van der Waals surface area contributed by atoms with Crippen LogP contribution in [-0.4, -0.2) is 26.2 Å². The number of aryl methyl sites for hydroxylation is 1. The third-order valence-electron chi connectivity index (χ3n) is 4.44. The van der Waals surface area contributed by atoms with Crippen LogP contribution in [0, 0.1) is 0 Å². The summed E-state index contributed by atoms with van der Waals surface area (Å²) in [5.41, 5.74) is 4.41. The van der Waals surface area contributed by atoms with Gasteiger partial charge in [-0.15, -0.1) is 0 Å². The summed E-state index contributed by atoms with van der Waals surface area (Å²) in [6.07, 6.45) is 0.995. The van der Waals surface area contributed by atoms with Crippen molar-refractivity contribution in [2.24, 2.45) is 0 Å². The summed E-state index contributed by atoms with van der Waals surface area (Å²) in [6.45, 7) is 6.92. The minimum atomic E-state index is -0.424. The van der Waals surface area contributed by atoms with Crippen molar-refractivity contribution in [2.45, 2.75) is 25.5 Å². The van der Waals surface area contributed by atoms with Crippen LogP contribution in [0.1, 0.15) is 29.2 Å². The van der Waals surface area contributed by atoms with E-state index in [9.17, 15) is 0 Å². The van der Waals surface area contributed by atoms with Crippen molar-refractivity contribution < 1.29 is 4.74 Å². The third kappa shape index (κ3) is 4.29. The molecule has 3 nitrogen and oxygen atoms in total. The van der Waals surface area contributed by atoms with Crippen LogP contribution in [-0.2, 0) is 17.8 Å². The zero-order chi connectivity index (χ0) is 16.8. The number of benzene rings is 2. The van der Waals surface area contributed by atoms with E-state index in [0.717, 1.165) is 43.7 Å². The molecule has 3 rings (SSSR count). The van der Waals surface area contributed by atoms with Gasteiger partial charge in [0.15, 0.2) is 5.56 Å². The van der Waals surface area contributed by atoms with Gasteiger partial charge in [0.25, 0.3) is 0 Å².